The van der Waals surface area contributed by atoms with Crippen LogP contribution in [0.4, 0.5) is 5.82 Å². The van der Waals surface area contributed by atoms with Crippen molar-refractivity contribution >= 4 is 28.4 Å². The molecule has 7 nitrogen and oxygen atoms in total. The Morgan fingerprint density at radius 1 is 1.17 bits per heavy atom. The van der Waals surface area contributed by atoms with Crippen LogP contribution in [0.1, 0.15) is 44.1 Å². The predicted molar refractivity (Wildman–Crippen MR) is 113 cm³/mol. The number of nitrogens with zero attached hydrogens (tertiary/aromatic N) is 2. The third kappa shape index (κ3) is 4.05. The third-order valence-electron chi connectivity index (χ3n) is 6.37. The number of hydrogen-bond acceptors (Lipinski definition) is 5. The maximum absolute atomic E-state index is 12.8. The molecule has 2 amide bonds. The van der Waals surface area contributed by atoms with Gasteiger partial charge in [0.2, 0.25) is 11.8 Å². The average molecular weight is 396 g/mol. The SMILES string of the molecule is Nc1nccc2cc(CNC(=O)C3CCN3C(=O)C(N)C3CCCCC3)ccc12. The number of carbonyl (C=O) groups is 2. The van der Waals surface area contributed by atoms with E-state index in [1.807, 2.05) is 24.3 Å². The molecule has 2 fully saturated rings. The molecule has 2 aliphatic rings. The second kappa shape index (κ2) is 8.37. The van der Waals surface area contributed by atoms with Gasteiger partial charge in [-0.2, -0.15) is 0 Å². The highest BCUT2D eigenvalue weighted by molar-refractivity contribution is 5.92. The van der Waals surface area contributed by atoms with Gasteiger partial charge in [-0.3, -0.25) is 9.59 Å². The Balaban J connectivity index is 1.34. The van der Waals surface area contributed by atoms with Crippen LogP contribution in [-0.4, -0.2) is 40.3 Å². The molecule has 2 unspecified atom stereocenters. The molecule has 5 N–H and O–H groups in total. The van der Waals surface area contributed by atoms with Crippen molar-refractivity contribution in [2.45, 2.75) is 57.2 Å². The summed E-state index contributed by atoms with van der Waals surface area (Å²) in [6.07, 6.45) is 7.90. The Labute approximate surface area is 170 Å². The number of benzene rings is 1. The molecule has 4 rings (SSSR count). The zero-order valence-corrected chi connectivity index (χ0v) is 16.6. The molecule has 29 heavy (non-hydrogen) atoms. The molecule has 1 saturated heterocycles. The van der Waals surface area contributed by atoms with Gasteiger partial charge in [0.15, 0.2) is 0 Å². The molecule has 154 valence electrons. The van der Waals surface area contributed by atoms with Crippen molar-refractivity contribution in [3.05, 3.63) is 36.0 Å². The van der Waals surface area contributed by atoms with Crippen molar-refractivity contribution in [2.75, 3.05) is 12.3 Å². The number of pyridine rings is 1. The van der Waals surface area contributed by atoms with E-state index in [1.165, 1.54) is 6.42 Å². The van der Waals surface area contributed by atoms with Gasteiger partial charge in [0.25, 0.3) is 0 Å². The summed E-state index contributed by atoms with van der Waals surface area (Å²) in [4.78, 5) is 31.2. The van der Waals surface area contributed by atoms with Gasteiger partial charge in [0.1, 0.15) is 11.9 Å². The van der Waals surface area contributed by atoms with Gasteiger partial charge < -0.3 is 21.7 Å². The molecular weight excluding hydrogens is 366 g/mol. The minimum atomic E-state index is -0.481. The second-order valence-electron chi connectivity index (χ2n) is 8.23. The number of nitrogens with two attached hydrogens (primary N) is 2. The van der Waals surface area contributed by atoms with Crippen LogP contribution in [0.2, 0.25) is 0 Å². The molecule has 7 heteroatoms. The molecule has 1 aromatic heterocycles. The topological polar surface area (TPSA) is 114 Å². The van der Waals surface area contributed by atoms with Crippen molar-refractivity contribution in [1.82, 2.24) is 15.2 Å². The van der Waals surface area contributed by atoms with E-state index in [1.54, 1.807) is 11.1 Å². The lowest BCUT2D eigenvalue weighted by atomic mass is 9.83. The summed E-state index contributed by atoms with van der Waals surface area (Å²) in [6.45, 7) is 1.02. The van der Waals surface area contributed by atoms with Gasteiger partial charge in [-0.1, -0.05) is 31.4 Å². The summed E-state index contributed by atoms with van der Waals surface area (Å²) in [5, 5.41) is 4.85. The van der Waals surface area contributed by atoms with Crippen LogP contribution in [0.25, 0.3) is 10.8 Å². The largest absolute Gasteiger partial charge is 0.383 e. The van der Waals surface area contributed by atoms with Crippen LogP contribution in [0, 0.1) is 5.92 Å². The number of fused-ring (bicyclic) bond motifs is 1. The molecule has 2 heterocycles. The number of nitrogen functional groups attached to an aromatic ring is 1. The molecule has 0 spiro atoms. The highest BCUT2D eigenvalue weighted by atomic mass is 16.2. The first-order valence-corrected chi connectivity index (χ1v) is 10.5. The minimum absolute atomic E-state index is 0.0722. The van der Waals surface area contributed by atoms with E-state index in [0.29, 0.717) is 25.3 Å². The van der Waals surface area contributed by atoms with Crippen LogP contribution < -0.4 is 16.8 Å². The van der Waals surface area contributed by atoms with Crippen LogP contribution in [0.3, 0.4) is 0 Å². The highest BCUT2D eigenvalue weighted by Gasteiger charge is 2.41. The van der Waals surface area contributed by atoms with Crippen molar-refractivity contribution in [2.24, 2.45) is 11.7 Å². The van der Waals surface area contributed by atoms with Gasteiger partial charge in [-0.25, -0.2) is 4.98 Å². The molecule has 0 radical (unpaired) electrons. The molecule has 2 aromatic rings. The van der Waals surface area contributed by atoms with Crippen LogP contribution in [0.5, 0.6) is 0 Å². The Morgan fingerprint density at radius 3 is 2.69 bits per heavy atom. The number of likely N-dealkylation sites (tertiary alicyclic amines) is 1. The van der Waals surface area contributed by atoms with Gasteiger partial charge in [-0.05, 0) is 48.3 Å². The molecule has 1 aliphatic carbocycles. The van der Waals surface area contributed by atoms with E-state index in [-0.39, 0.29) is 17.7 Å². The van der Waals surface area contributed by atoms with Gasteiger partial charge in [0.05, 0.1) is 6.04 Å². The number of hydrogen-bond donors (Lipinski definition) is 3. The monoisotopic (exact) mass is 395 g/mol. The summed E-state index contributed by atoms with van der Waals surface area (Å²) in [5.74, 6) is 0.558. The predicted octanol–water partition coefficient (Wildman–Crippen LogP) is 1.94. The lowest BCUT2D eigenvalue weighted by molar-refractivity contribution is -0.149. The number of amides is 2. The Kier molecular flexibility index (Phi) is 5.67. The number of rotatable bonds is 5. The van der Waals surface area contributed by atoms with E-state index < -0.39 is 12.1 Å². The quantitative estimate of drug-likeness (QED) is 0.716. The van der Waals surface area contributed by atoms with Gasteiger partial charge >= 0.3 is 0 Å². The number of aromatic nitrogens is 1. The maximum atomic E-state index is 12.8. The van der Waals surface area contributed by atoms with E-state index in [2.05, 4.69) is 10.3 Å². The summed E-state index contributed by atoms with van der Waals surface area (Å²) in [5.41, 5.74) is 13.1. The van der Waals surface area contributed by atoms with Crippen LogP contribution in [-0.2, 0) is 16.1 Å². The number of carbonyl (C=O) groups excluding carboxylic acids is 2. The number of anilines is 1. The fraction of sp³-hybridized carbons (Fsp3) is 0.500. The smallest absolute Gasteiger partial charge is 0.243 e. The van der Waals surface area contributed by atoms with Gasteiger partial charge in [-0.15, -0.1) is 0 Å². The first-order valence-electron chi connectivity index (χ1n) is 10.5. The van der Waals surface area contributed by atoms with Crippen molar-refractivity contribution in [3.8, 4) is 0 Å². The number of nitrogens with one attached hydrogen (secondary N) is 1. The van der Waals surface area contributed by atoms with Crippen LogP contribution in [0.15, 0.2) is 30.5 Å². The Morgan fingerprint density at radius 2 is 1.97 bits per heavy atom. The van der Waals surface area contributed by atoms with Crippen molar-refractivity contribution in [3.63, 3.8) is 0 Å². The highest BCUT2D eigenvalue weighted by Crippen LogP contribution is 2.28. The molecule has 2 atom stereocenters. The third-order valence-corrected chi connectivity index (χ3v) is 6.37. The molecule has 1 aromatic carbocycles. The summed E-state index contributed by atoms with van der Waals surface area (Å²) >= 11 is 0. The molecule has 1 aliphatic heterocycles. The maximum Gasteiger partial charge on any atom is 0.243 e. The summed E-state index contributed by atoms with van der Waals surface area (Å²) < 4.78 is 0. The van der Waals surface area contributed by atoms with Crippen molar-refractivity contribution < 1.29 is 9.59 Å². The van der Waals surface area contributed by atoms with E-state index >= 15 is 0 Å². The van der Waals surface area contributed by atoms with E-state index in [4.69, 9.17) is 11.5 Å². The fourth-order valence-electron chi connectivity index (χ4n) is 4.48. The minimum Gasteiger partial charge on any atom is -0.383 e. The first kappa shape index (κ1) is 19.6. The summed E-state index contributed by atoms with van der Waals surface area (Å²) in [6, 6.07) is 6.86. The normalized spacial score (nSPS) is 20.9. The van der Waals surface area contributed by atoms with Crippen LogP contribution >= 0.6 is 0 Å². The summed E-state index contributed by atoms with van der Waals surface area (Å²) in [7, 11) is 0. The fourth-order valence-corrected chi connectivity index (χ4v) is 4.48. The van der Waals surface area contributed by atoms with E-state index in [0.717, 1.165) is 42.0 Å². The second-order valence-corrected chi connectivity index (χ2v) is 8.23. The molecular formula is C22H29N5O2. The average Bonchev–Trinajstić information content (AvgIpc) is 2.71. The van der Waals surface area contributed by atoms with Crippen molar-refractivity contribution in [1.29, 1.82) is 0 Å². The Hall–Kier alpha value is -2.67. The zero-order chi connectivity index (χ0) is 20.4. The lowest BCUT2D eigenvalue weighted by Crippen LogP contribution is -2.62. The standard InChI is InChI=1S/C22H29N5O2/c23-19(15-4-2-1-3-5-15)22(29)27-11-9-18(27)21(28)26-13-14-6-7-17-16(12-14)8-10-25-20(17)24/h6-8,10,12,15,18-19H,1-5,9,11,13,23H2,(H2,24,25)(H,26,28). The molecule has 0 bridgehead atoms. The van der Waals surface area contributed by atoms with Gasteiger partial charge in [0, 0.05) is 24.7 Å². The zero-order valence-electron chi connectivity index (χ0n) is 16.6. The molecule has 1 saturated carbocycles. The van der Waals surface area contributed by atoms with E-state index in [9.17, 15) is 9.59 Å². The Bertz CT molecular complexity index is 909. The first-order chi connectivity index (χ1) is 14.0. The lowest BCUT2D eigenvalue weighted by Gasteiger charge is -2.42.